The lowest BCUT2D eigenvalue weighted by Gasteiger charge is -2.37. The maximum Gasteiger partial charge on any atom is 0.213 e. The molecule has 2 heterocycles. The lowest BCUT2D eigenvalue weighted by Crippen LogP contribution is -2.39. The molecule has 114 valence electrons. The van der Waals surface area contributed by atoms with Gasteiger partial charge < -0.3 is 9.73 Å². The van der Waals surface area contributed by atoms with Crippen molar-refractivity contribution in [3.63, 3.8) is 0 Å². The molecule has 0 amide bonds. The van der Waals surface area contributed by atoms with E-state index in [2.05, 4.69) is 58.1 Å². The number of oxazole rings is 1. The summed E-state index contributed by atoms with van der Waals surface area (Å²) in [7, 11) is 0. The van der Waals surface area contributed by atoms with Gasteiger partial charge in [-0.3, -0.25) is 0 Å². The second-order valence-corrected chi connectivity index (χ2v) is 7.96. The highest BCUT2D eigenvalue weighted by Gasteiger charge is 2.36. The molecule has 1 aromatic heterocycles. The van der Waals surface area contributed by atoms with Crippen molar-refractivity contribution in [3.8, 4) is 0 Å². The fourth-order valence-corrected chi connectivity index (χ4v) is 3.17. The standard InChI is InChI=1S/C18H26N2O/c1-17(2,3)12-7-8-14-13(11-12)20-16(21-14)15-18(4,5)9-6-10-19-15/h7-8,11,15,19H,6,9-10H2,1-5H3. The Morgan fingerprint density at radius 3 is 2.71 bits per heavy atom. The number of benzene rings is 1. The molecule has 1 fully saturated rings. The summed E-state index contributed by atoms with van der Waals surface area (Å²) in [4.78, 5) is 4.78. The quantitative estimate of drug-likeness (QED) is 0.834. The minimum atomic E-state index is 0.135. The Bertz CT molecular complexity index is 649. The van der Waals surface area contributed by atoms with E-state index in [0.29, 0.717) is 0 Å². The average Bonchev–Trinajstić information content (AvgIpc) is 2.79. The summed E-state index contributed by atoms with van der Waals surface area (Å²) in [5.41, 5.74) is 3.48. The maximum atomic E-state index is 6.04. The number of hydrogen-bond acceptors (Lipinski definition) is 3. The van der Waals surface area contributed by atoms with E-state index < -0.39 is 0 Å². The first-order chi connectivity index (χ1) is 9.77. The summed E-state index contributed by atoms with van der Waals surface area (Å²) >= 11 is 0. The van der Waals surface area contributed by atoms with Gasteiger partial charge in [-0.15, -0.1) is 0 Å². The van der Waals surface area contributed by atoms with Crippen LogP contribution in [0.15, 0.2) is 22.6 Å². The molecule has 1 saturated heterocycles. The Balaban J connectivity index is 2.01. The molecule has 2 aromatic rings. The van der Waals surface area contributed by atoms with Crippen molar-refractivity contribution in [1.82, 2.24) is 10.3 Å². The summed E-state index contributed by atoms with van der Waals surface area (Å²) < 4.78 is 6.04. The van der Waals surface area contributed by atoms with Gasteiger partial charge in [-0.1, -0.05) is 40.7 Å². The van der Waals surface area contributed by atoms with Crippen LogP contribution in [-0.4, -0.2) is 11.5 Å². The monoisotopic (exact) mass is 286 g/mol. The Labute approximate surface area is 127 Å². The molecule has 1 aliphatic heterocycles. The van der Waals surface area contributed by atoms with Gasteiger partial charge in [0.25, 0.3) is 0 Å². The molecule has 0 saturated carbocycles. The lowest BCUT2D eigenvalue weighted by atomic mass is 9.77. The third-order valence-corrected chi connectivity index (χ3v) is 4.64. The van der Waals surface area contributed by atoms with Gasteiger partial charge in [0.1, 0.15) is 5.52 Å². The summed E-state index contributed by atoms with van der Waals surface area (Å²) in [5, 5.41) is 3.58. The predicted molar refractivity (Wildman–Crippen MR) is 86.5 cm³/mol. The van der Waals surface area contributed by atoms with Crippen molar-refractivity contribution in [1.29, 1.82) is 0 Å². The fraction of sp³-hybridized carbons (Fsp3) is 0.611. The topological polar surface area (TPSA) is 38.1 Å². The molecule has 1 atom stereocenters. The normalized spacial score (nSPS) is 22.6. The maximum absolute atomic E-state index is 6.04. The Kier molecular flexibility index (Phi) is 3.36. The van der Waals surface area contributed by atoms with Gasteiger partial charge in [0, 0.05) is 0 Å². The highest BCUT2D eigenvalue weighted by atomic mass is 16.3. The molecule has 3 rings (SSSR count). The van der Waals surface area contributed by atoms with Crippen LogP contribution in [-0.2, 0) is 5.41 Å². The summed E-state index contributed by atoms with van der Waals surface area (Å²) in [6.45, 7) is 12.3. The Hall–Kier alpha value is -1.35. The van der Waals surface area contributed by atoms with E-state index in [1.54, 1.807) is 0 Å². The molecular weight excluding hydrogens is 260 g/mol. The molecule has 1 aromatic carbocycles. The number of rotatable bonds is 1. The van der Waals surface area contributed by atoms with Gasteiger partial charge in [0.15, 0.2) is 5.58 Å². The zero-order valence-electron chi connectivity index (χ0n) is 13.8. The zero-order chi connectivity index (χ0) is 15.3. The first-order valence-corrected chi connectivity index (χ1v) is 7.92. The van der Waals surface area contributed by atoms with Crippen molar-refractivity contribution >= 4 is 11.1 Å². The molecule has 3 heteroatoms. The van der Waals surface area contributed by atoms with Crippen molar-refractivity contribution < 1.29 is 4.42 Å². The molecule has 0 radical (unpaired) electrons. The van der Waals surface area contributed by atoms with Gasteiger partial charge in [0.2, 0.25) is 5.89 Å². The van der Waals surface area contributed by atoms with Crippen LogP contribution in [0.4, 0.5) is 0 Å². The number of nitrogens with zero attached hydrogens (tertiary/aromatic N) is 1. The summed E-state index contributed by atoms with van der Waals surface area (Å²) in [5.74, 6) is 0.834. The van der Waals surface area contributed by atoms with Gasteiger partial charge >= 0.3 is 0 Å². The smallest absolute Gasteiger partial charge is 0.213 e. The molecule has 1 unspecified atom stereocenters. The highest BCUT2D eigenvalue weighted by molar-refractivity contribution is 5.74. The van der Waals surface area contributed by atoms with E-state index in [0.717, 1.165) is 23.5 Å². The average molecular weight is 286 g/mol. The SMILES string of the molecule is CC(C)(C)c1ccc2oc(C3NCCCC3(C)C)nc2c1. The van der Waals surface area contributed by atoms with Crippen LogP contribution in [0.5, 0.6) is 0 Å². The van der Waals surface area contributed by atoms with Crippen LogP contribution in [0, 0.1) is 5.41 Å². The van der Waals surface area contributed by atoms with Gasteiger partial charge in [-0.05, 0) is 47.9 Å². The van der Waals surface area contributed by atoms with Crippen LogP contribution < -0.4 is 5.32 Å². The Morgan fingerprint density at radius 2 is 2.05 bits per heavy atom. The molecule has 1 N–H and O–H groups in total. The van der Waals surface area contributed by atoms with E-state index in [4.69, 9.17) is 9.40 Å². The first-order valence-electron chi connectivity index (χ1n) is 7.92. The third-order valence-electron chi connectivity index (χ3n) is 4.64. The second-order valence-electron chi connectivity index (χ2n) is 7.96. The van der Waals surface area contributed by atoms with Gasteiger partial charge in [-0.25, -0.2) is 4.98 Å². The Morgan fingerprint density at radius 1 is 1.29 bits per heavy atom. The minimum Gasteiger partial charge on any atom is -0.439 e. The van der Waals surface area contributed by atoms with Crippen molar-refractivity contribution in [3.05, 3.63) is 29.7 Å². The molecular formula is C18H26N2O. The van der Waals surface area contributed by atoms with Crippen molar-refractivity contribution in [2.45, 2.75) is 58.9 Å². The molecule has 1 aliphatic rings. The minimum absolute atomic E-state index is 0.135. The summed E-state index contributed by atoms with van der Waals surface area (Å²) in [6.07, 6.45) is 2.43. The third kappa shape index (κ3) is 2.71. The molecule has 21 heavy (non-hydrogen) atoms. The molecule has 0 aliphatic carbocycles. The number of nitrogens with one attached hydrogen (secondary N) is 1. The van der Waals surface area contributed by atoms with Crippen LogP contribution >= 0.6 is 0 Å². The highest BCUT2D eigenvalue weighted by Crippen LogP contribution is 2.40. The molecule has 0 spiro atoms. The fourth-order valence-electron chi connectivity index (χ4n) is 3.17. The van der Waals surface area contributed by atoms with Crippen molar-refractivity contribution in [2.75, 3.05) is 6.54 Å². The van der Waals surface area contributed by atoms with Gasteiger partial charge in [-0.2, -0.15) is 0 Å². The first kappa shape index (κ1) is 14.6. The van der Waals surface area contributed by atoms with E-state index in [9.17, 15) is 0 Å². The summed E-state index contributed by atoms with van der Waals surface area (Å²) in [6, 6.07) is 6.58. The van der Waals surface area contributed by atoms with Crippen LogP contribution in [0.25, 0.3) is 11.1 Å². The molecule has 3 nitrogen and oxygen atoms in total. The molecule has 0 bridgehead atoms. The van der Waals surface area contributed by atoms with E-state index in [1.807, 2.05) is 0 Å². The predicted octanol–water partition coefficient (Wildman–Crippen LogP) is 4.58. The van der Waals surface area contributed by atoms with Crippen LogP contribution in [0.2, 0.25) is 0 Å². The van der Waals surface area contributed by atoms with Crippen molar-refractivity contribution in [2.24, 2.45) is 5.41 Å². The van der Waals surface area contributed by atoms with E-state index >= 15 is 0 Å². The van der Waals surface area contributed by atoms with Crippen LogP contribution in [0.1, 0.15) is 65.0 Å². The van der Waals surface area contributed by atoms with E-state index in [1.165, 1.54) is 18.4 Å². The lowest BCUT2D eigenvalue weighted by molar-refractivity contribution is 0.157. The largest absolute Gasteiger partial charge is 0.439 e. The number of hydrogen-bond donors (Lipinski definition) is 1. The van der Waals surface area contributed by atoms with E-state index in [-0.39, 0.29) is 16.9 Å². The van der Waals surface area contributed by atoms with Gasteiger partial charge in [0.05, 0.1) is 6.04 Å². The number of fused-ring (bicyclic) bond motifs is 1. The number of piperidine rings is 1. The van der Waals surface area contributed by atoms with Crippen LogP contribution in [0.3, 0.4) is 0 Å². The zero-order valence-corrected chi connectivity index (χ0v) is 13.8. The number of aromatic nitrogens is 1. The second kappa shape index (κ2) is 4.84.